The lowest BCUT2D eigenvalue weighted by molar-refractivity contribution is 0.326. The molecule has 0 aromatic carbocycles. The van der Waals surface area contributed by atoms with E-state index in [9.17, 15) is 4.79 Å². The van der Waals surface area contributed by atoms with E-state index in [0.29, 0.717) is 17.5 Å². The van der Waals surface area contributed by atoms with Gasteiger partial charge in [0, 0.05) is 18.6 Å². The first-order valence-corrected chi connectivity index (χ1v) is 7.52. The molecular formula is C15H26N4O2. The van der Waals surface area contributed by atoms with Crippen LogP contribution in [0.25, 0.3) is 0 Å². The Morgan fingerprint density at radius 2 is 2.10 bits per heavy atom. The van der Waals surface area contributed by atoms with E-state index < -0.39 is 0 Å². The number of hydrogen-bond donors (Lipinski definition) is 2. The number of piperidine rings is 1. The van der Waals surface area contributed by atoms with Crippen molar-refractivity contribution in [3.05, 3.63) is 16.7 Å². The molecule has 6 nitrogen and oxygen atoms in total. The standard InChI is InChI=1S/C15H26N4O2/c1-15(2,3)18-9-11-5-7-19(8-6-11)13-12(21-4)14(20)17-10-16-13/h10-11,18H,5-9H2,1-4H3,(H,16,17,20). The summed E-state index contributed by atoms with van der Waals surface area (Å²) in [6, 6.07) is 0. The van der Waals surface area contributed by atoms with E-state index >= 15 is 0 Å². The maximum atomic E-state index is 11.7. The Labute approximate surface area is 125 Å². The minimum Gasteiger partial charge on any atom is -0.489 e. The second-order valence-electron chi connectivity index (χ2n) is 6.65. The van der Waals surface area contributed by atoms with Crippen LogP contribution >= 0.6 is 0 Å². The quantitative estimate of drug-likeness (QED) is 0.878. The number of rotatable bonds is 4. The van der Waals surface area contributed by atoms with Crippen LogP contribution in [0, 0.1) is 5.92 Å². The molecule has 2 N–H and O–H groups in total. The Morgan fingerprint density at radius 1 is 1.43 bits per heavy atom. The van der Waals surface area contributed by atoms with Gasteiger partial charge in [-0.2, -0.15) is 0 Å². The molecule has 0 spiro atoms. The van der Waals surface area contributed by atoms with Crippen LogP contribution in [-0.2, 0) is 0 Å². The molecule has 0 radical (unpaired) electrons. The number of ether oxygens (including phenoxy) is 1. The molecule has 6 heteroatoms. The van der Waals surface area contributed by atoms with Crippen LogP contribution < -0.4 is 20.5 Å². The highest BCUT2D eigenvalue weighted by molar-refractivity contribution is 5.50. The van der Waals surface area contributed by atoms with Gasteiger partial charge >= 0.3 is 0 Å². The molecule has 0 bridgehead atoms. The monoisotopic (exact) mass is 294 g/mol. The van der Waals surface area contributed by atoms with Gasteiger partial charge in [-0.05, 0) is 46.1 Å². The summed E-state index contributed by atoms with van der Waals surface area (Å²) in [5.74, 6) is 1.64. The fourth-order valence-electron chi connectivity index (χ4n) is 2.59. The minimum atomic E-state index is -0.223. The van der Waals surface area contributed by atoms with Crippen molar-refractivity contribution in [1.29, 1.82) is 0 Å². The maximum absolute atomic E-state index is 11.7. The van der Waals surface area contributed by atoms with Crippen molar-refractivity contribution in [1.82, 2.24) is 15.3 Å². The Kier molecular flexibility index (Phi) is 4.88. The number of hydrogen-bond acceptors (Lipinski definition) is 5. The van der Waals surface area contributed by atoms with E-state index in [0.717, 1.165) is 32.5 Å². The summed E-state index contributed by atoms with van der Waals surface area (Å²) >= 11 is 0. The first-order valence-electron chi connectivity index (χ1n) is 7.52. The third kappa shape index (κ3) is 4.20. The lowest BCUT2D eigenvalue weighted by atomic mass is 9.95. The highest BCUT2D eigenvalue weighted by Gasteiger charge is 2.24. The average Bonchev–Trinajstić information content (AvgIpc) is 2.44. The molecule has 0 amide bonds. The van der Waals surface area contributed by atoms with Crippen LogP contribution in [0.4, 0.5) is 5.82 Å². The maximum Gasteiger partial charge on any atom is 0.295 e. The molecule has 1 aliphatic rings. The topological polar surface area (TPSA) is 70.2 Å². The molecule has 0 atom stereocenters. The number of nitrogens with one attached hydrogen (secondary N) is 2. The zero-order valence-corrected chi connectivity index (χ0v) is 13.4. The van der Waals surface area contributed by atoms with Crippen LogP contribution in [-0.4, -0.2) is 42.3 Å². The van der Waals surface area contributed by atoms with Gasteiger partial charge in [-0.1, -0.05) is 0 Å². The summed E-state index contributed by atoms with van der Waals surface area (Å²) in [5.41, 5.74) is -0.0618. The van der Waals surface area contributed by atoms with Gasteiger partial charge in [0.05, 0.1) is 13.4 Å². The lowest BCUT2D eigenvalue weighted by Gasteiger charge is -2.34. The van der Waals surface area contributed by atoms with Crippen molar-refractivity contribution < 1.29 is 4.74 Å². The number of aromatic nitrogens is 2. The second-order valence-corrected chi connectivity index (χ2v) is 6.65. The van der Waals surface area contributed by atoms with E-state index in [2.05, 4.69) is 41.0 Å². The molecule has 21 heavy (non-hydrogen) atoms. The average molecular weight is 294 g/mol. The summed E-state index contributed by atoms with van der Waals surface area (Å²) < 4.78 is 5.19. The highest BCUT2D eigenvalue weighted by Crippen LogP contribution is 2.26. The normalized spacial score (nSPS) is 17.0. The predicted octanol–water partition coefficient (Wildman–Crippen LogP) is 1.38. The molecule has 118 valence electrons. The number of nitrogens with zero attached hydrogens (tertiary/aromatic N) is 2. The van der Waals surface area contributed by atoms with Gasteiger partial charge in [-0.25, -0.2) is 4.98 Å². The van der Waals surface area contributed by atoms with Crippen molar-refractivity contribution in [3.63, 3.8) is 0 Å². The number of H-pyrrole nitrogens is 1. The lowest BCUT2D eigenvalue weighted by Crippen LogP contribution is -2.43. The van der Waals surface area contributed by atoms with E-state index in [1.165, 1.54) is 13.4 Å². The molecule has 2 heterocycles. The first-order chi connectivity index (χ1) is 9.90. The summed E-state index contributed by atoms with van der Waals surface area (Å²) in [4.78, 5) is 20.7. The highest BCUT2D eigenvalue weighted by atomic mass is 16.5. The van der Waals surface area contributed by atoms with Gasteiger partial charge in [-0.15, -0.1) is 0 Å². The summed E-state index contributed by atoms with van der Waals surface area (Å²) in [7, 11) is 1.51. The van der Waals surface area contributed by atoms with Crippen LogP contribution in [0.5, 0.6) is 5.75 Å². The number of methoxy groups -OCH3 is 1. The SMILES string of the molecule is COc1c(N2CCC(CNC(C)(C)C)CC2)nc[nH]c1=O. The molecule has 0 unspecified atom stereocenters. The van der Waals surface area contributed by atoms with Crippen molar-refractivity contribution in [2.24, 2.45) is 5.92 Å². The van der Waals surface area contributed by atoms with Crippen molar-refractivity contribution in [2.45, 2.75) is 39.2 Å². The van der Waals surface area contributed by atoms with Gasteiger partial charge < -0.3 is 19.9 Å². The summed E-state index contributed by atoms with van der Waals surface area (Å²) in [6.07, 6.45) is 3.63. The molecule has 1 aliphatic heterocycles. The molecule has 1 saturated heterocycles. The summed E-state index contributed by atoms with van der Waals surface area (Å²) in [6.45, 7) is 9.41. The zero-order valence-electron chi connectivity index (χ0n) is 13.4. The van der Waals surface area contributed by atoms with Gasteiger partial charge in [0.15, 0.2) is 5.82 Å². The van der Waals surface area contributed by atoms with E-state index in [1.807, 2.05) is 0 Å². The molecule has 1 aromatic heterocycles. The number of anilines is 1. The Balaban J connectivity index is 1.95. The van der Waals surface area contributed by atoms with E-state index in [1.54, 1.807) is 0 Å². The fraction of sp³-hybridized carbons (Fsp3) is 0.733. The third-order valence-corrected chi connectivity index (χ3v) is 3.83. The molecule has 0 aliphatic carbocycles. The van der Waals surface area contributed by atoms with Crippen molar-refractivity contribution >= 4 is 5.82 Å². The van der Waals surface area contributed by atoms with Gasteiger partial charge in [0.25, 0.3) is 5.56 Å². The molecular weight excluding hydrogens is 268 g/mol. The largest absolute Gasteiger partial charge is 0.489 e. The van der Waals surface area contributed by atoms with Gasteiger partial charge in [0.2, 0.25) is 5.75 Å². The Bertz CT molecular complexity index is 513. The Hall–Kier alpha value is -1.56. The smallest absolute Gasteiger partial charge is 0.295 e. The van der Waals surface area contributed by atoms with Crippen LogP contribution in [0.1, 0.15) is 33.6 Å². The molecule has 1 aromatic rings. The van der Waals surface area contributed by atoms with Gasteiger partial charge in [0.1, 0.15) is 0 Å². The van der Waals surface area contributed by atoms with E-state index in [4.69, 9.17) is 4.74 Å². The zero-order chi connectivity index (χ0) is 15.5. The van der Waals surface area contributed by atoms with Crippen LogP contribution in [0.2, 0.25) is 0 Å². The first kappa shape index (κ1) is 15.8. The van der Waals surface area contributed by atoms with Gasteiger partial charge in [-0.3, -0.25) is 4.79 Å². The minimum absolute atomic E-state index is 0.161. The van der Waals surface area contributed by atoms with E-state index in [-0.39, 0.29) is 11.1 Å². The second kappa shape index (κ2) is 6.47. The third-order valence-electron chi connectivity index (χ3n) is 3.83. The van der Waals surface area contributed by atoms with Crippen LogP contribution in [0.3, 0.4) is 0 Å². The van der Waals surface area contributed by atoms with Crippen molar-refractivity contribution in [2.75, 3.05) is 31.6 Å². The molecule has 0 saturated carbocycles. The molecule has 1 fully saturated rings. The number of aromatic amines is 1. The molecule has 2 rings (SSSR count). The Morgan fingerprint density at radius 3 is 2.67 bits per heavy atom. The fourth-order valence-corrected chi connectivity index (χ4v) is 2.59. The van der Waals surface area contributed by atoms with Crippen molar-refractivity contribution in [3.8, 4) is 5.75 Å². The van der Waals surface area contributed by atoms with Crippen LogP contribution in [0.15, 0.2) is 11.1 Å². The summed E-state index contributed by atoms with van der Waals surface area (Å²) in [5, 5.41) is 3.56. The predicted molar refractivity (Wildman–Crippen MR) is 84.1 cm³/mol.